The van der Waals surface area contributed by atoms with Crippen molar-refractivity contribution in [1.82, 2.24) is 10.2 Å². The van der Waals surface area contributed by atoms with Crippen molar-refractivity contribution >= 4 is 11.9 Å². The molecule has 2 N–H and O–H groups in total. The van der Waals surface area contributed by atoms with Crippen LogP contribution in [0.15, 0.2) is 0 Å². The van der Waals surface area contributed by atoms with Crippen LogP contribution in [0.5, 0.6) is 0 Å². The molecule has 2 atom stereocenters. The Labute approximate surface area is 107 Å². The number of rotatable bonds is 4. The number of hydrogen-bond acceptors (Lipinski definition) is 4. The Morgan fingerprint density at radius 1 is 1.39 bits per heavy atom. The minimum atomic E-state index is -1.00. The van der Waals surface area contributed by atoms with Gasteiger partial charge in [-0.3, -0.25) is 9.59 Å². The van der Waals surface area contributed by atoms with Crippen LogP contribution >= 0.6 is 0 Å². The van der Waals surface area contributed by atoms with E-state index in [4.69, 9.17) is 9.84 Å². The minimum absolute atomic E-state index is 0.0452. The van der Waals surface area contributed by atoms with Crippen LogP contribution in [-0.4, -0.2) is 60.3 Å². The Balaban J connectivity index is 2.85. The number of likely N-dealkylation sites (N-methyl/N-ethyl adjacent to an activating group) is 1. The summed E-state index contributed by atoms with van der Waals surface area (Å²) in [5.41, 5.74) is -0.518. The molecule has 0 radical (unpaired) electrons. The van der Waals surface area contributed by atoms with Crippen molar-refractivity contribution in [1.29, 1.82) is 0 Å². The van der Waals surface area contributed by atoms with Crippen LogP contribution in [0.2, 0.25) is 0 Å². The van der Waals surface area contributed by atoms with E-state index in [9.17, 15) is 9.59 Å². The maximum atomic E-state index is 12.4. The van der Waals surface area contributed by atoms with E-state index in [1.165, 1.54) is 4.90 Å². The average molecular weight is 258 g/mol. The Kier molecular flexibility index (Phi) is 4.70. The molecule has 0 aliphatic carbocycles. The Morgan fingerprint density at radius 2 is 2.00 bits per heavy atom. The molecular weight excluding hydrogens is 236 g/mol. The fourth-order valence-corrected chi connectivity index (χ4v) is 2.06. The molecule has 1 aliphatic rings. The molecule has 0 bridgehead atoms. The Bertz CT molecular complexity index is 325. The summed E-state index contributed by atoms with van der Waals surface area (Å²) in [4.78, 5) is 24.7. The van der Waals surface area contributed by atoms with Crippen molar-refractivity contribution in [2.24, 2.45) is 5.92 Å². The third kappa shape index (κ3) is 3.43. The molecule has 6 heteroatoms. The van der Waals surface area contributed by atoms with E-state index in [1.54, 1.807) is 7.05 Å². The van der Waals surface area contributed by atoms with Crippen molar-refractivity contribution in [3.63, 3.8) is 0 Å². The van der Waals surface area contributed by atoms with Crippen LogP contribution in [-0.2, 0) is 14.3 Å². The number of carbonyl (C=O) groups is 2. The summed E-state index contributed by atoms with van der Waals surface area (Å²) in [5.74, 6) is -1.48. The number of aliphatic carboxylic acids is 1. The van der Waals surface area contributed by atoms with Gasteiger partial charge in [0.15, 0.2) is 0 Å². The van der Waals surface area contributed by atoms with Gasteiger partial charge in [0.05, 0.1) is 19.1 Å². The molecule has 0 aromatic carbocycles. The predicted molar refractivity (Wildman–Crippen MR) is 66.3 cm³/mol. The zero-order chi connectivity index (χ0) is 13.9. The molecule has 2 unspecified atom stereocenters. The molecule has 1 rings (SSSR count). The van der Waals surface area contributed by atoms with Gasteiger partial charge < -0.3 is 20.1 Å². The Hall–Kier alpha value is -1.14. The van der Waals surface area contributed by atoms with Crippen LogP contribution < -0.4 is 5.32 Å². The number of hydrogen-bond donors (Lipinski definition) is 2. The molecule has 0 aromatic heterocycles. The first kappa shape index (κ1) is 14.9. The molecule has 1 amide bonds. The third-order valence-corrected chi connectivity index (χ3v) is 3.14. The Morgan fingerprint density at radius 3 is 2.44 bits per heavy atom. The van der Waals surface area contributed by atoms with Gasteiger partial charge in [0.1, 0.15) is 6.54 Å². The summed E-state index contributed by atoms with van der Waals surface area (Å²) in [5, 5.41) is 12.0. The van der Waals surface area contributed by atoms with E-state index < -0.39 is 11.5 Å². The molecular formula is C12H22N2O4. The molecule has 0 aromatic rings. The van der Waals surface area contributed by atoms with Crippen molar-refractivity contribution in [2.45, 2.75) is 32.4 Å². The maximum absolute atomic E-state index is 12.4. The second-order valence-corrected chi connectivity index (χ2v) is 5.53. The summed E-state index contributed by atoms with van der Waals surface area (Å²) >= 11 is 0. The first-order chi connectivity index (χ1) is 8.27. The van der Waals surface area contributed by atoms with Crippen molar-refractivity contribution < 1.29 is 19.4 Å². The molecule has 0 spiro atoms. The highest BCUT2D eigenvalue weighted by molar-refractivity contribution is 5.84. The second kappa shape index (κ2) is 5.67. The largest absolute Gasteiger partial charge is 0.480 e. The maximum Gasteiger partial charge on any atom is 0.323 e. The van der Waals surface area contributed by atoms with Gasteiger partial charge in [0.25, 0.3) is 0 Å². The molecule has 6 nitrogen and oxygen atoms in total. The number of carboxylic acids is 1. The van der Waals surface area contributed by atoms with Crippen LogP contribution in [0.25, 0.3) is 0 Å². The van der Waals surface area contributed by atoms with Gasteiger partial charge in [-0.25, -0.2) is 0 Å². The molecule has 18 heavy (non-hydrogen) atoms. The minimum Gasteiger partial charge on any atom is -0.480 e. The number of amides is 1. The average Bonchev–Trinajstić information content (AvgIpc) is 2.71. The zero-order valence-electron chi connectivity index (χ0n) is 11.4. The van der Waals surface area contributed by atoms with Gasteiger partial charge in [-0.15, -0.1) is 0 Å². The lowest BCUT2D eigenvalue weighted by Gasteiger charge is -2.36. The third-order valence-electron chi connectivity index (χ3n) is 3.14. The predicted octanol–water partition coefficient (Wildman–Crippen LogP) is -0.0675. The number of carbonyl (C=O) groups excluding carboxylic acids is 1. The summed E-state index contributed by atoms with van der Waals surface area (Å²) in [6.07, 6.45) is 0. The highest BCUT2D eigenvalue weighted by Gasteiger charge is 2.39. The van der Waals surface area contributed by atoms with E-state index in [0.717, 1.165) is 0 Å². The number of ether oxygens (including phenoxy) is 1. The fraction of sp³-hybridized carbons (Fsp3) is 0.833. The van der Waals surface area contributed by atoms with E-state index >= 15 is 0 Å². The lowest BCUT2D eigenvalue weighted by molar-refractivity contribution is -0.150. The van der Waals surface area contributed by atoms with E-state index in [2.05, 4.69) is 5.32 Å². The van der Waals surface area contributed by atoms with Crippen molar-refractivity contribution in [2.75, 3.05) is 26.8 Å². The lowest BCUT2D eigenvalue weighted by Crippen LogP contribution is -2.53. The standard InChI is InChI=1S/C12H22N2O4/c1-12(2,3)14(5-10(15)16)11(17)8-6-18-7-9(8)13-4/h8-9,13H,5-7H2,1-4H3,(H,15,16). The highest BCUT2D eigenvalue weighted by Crippen LogP contribution is 2.22. The second-order valence-electron chi connectivity index (χ2n) is 5.53. The van der Waals surface area contributed by atoms with Crippen molar-refractivity contribution in [3.05, 3.63) is 0 Å². The van der Waals surface area contributed by atoms with Crippen molar-refractivity contribution in [3.8, 4) is 0 Å². The highest BCUT2D eigenvalue weighted by atomic mass is 16.5. The molecule has 1 heterocycles. The van der Waals surface area contributed by atoms with E-state index in [0.29, 0.717) is 13.2 Å². The van der Waals surface area contributed by atoms with E-state index in [-0.39, 0.29) is 24.4 Å². The lowest BCUT2D eigenvalue weighted by atomic mass is 9.97. The summed E-state index contributed by atoms with van der Waals surface area (Å²) in [7, 11) is 1.78. The molecule has 1 saturated heterocycles. The van der Waals surface area contributed by atoms with Gasteiger partial charge in [-0.2, -0.15) is 0 Å². The quantitative estimate of drug-likeness (QED) is 0.738. The van der Waals surface area contributed by atoms with Gasteiger partial charge in [-0.1, -0.05) is 0 Å². The van der Waals surface area contributed by atoms with E-state index in [1.807, 2.05) is 20.8 Å². The normalized spacial score (nSPS) is 24.0. The van der Waals surface area contributed by atoms with Gasteiger partial charge in [0.2, 0.25) is 5.91 Å². The first-order valence-corrected chi connectivity index (χ1v) is 6.05. The SMILES string of the molecule is CNC1COCC1C(=O)N(CC(=O)O)C(C)(C)C. The first-order valence-electron chi connectivity index (χ1n) is 6.05. The molecule has 1 aliphatic heterocycles. The number of carboxylic acid groups (broad SMARTS) is 1. The van der Waals surface area contributed by atoms with Gasteiger partial charge in [0, 0.05) is 11.6 Å². The van der Waals surface area contributed by atoms with Crippen LogP contribution in [0.3, 0.4) is 0 Å². The van der Waals surface area contributed by atoms with Crippen LogP contribution in [0, 0.1) is 5.92 Å². The molecule has 104 valence electrons. The molecule has 1 fully saturated rings. The number of nitrogens with one attached hydrogen (secondary N) is 1. The monoisotopic (exact) mass is 258 g/mol. The summed E-state index contributed by atoms with van der Waals surface area (Å²) in [6, 6.07) is -0.0452. The summed E-state index contributed by atoms with van der Waals surface area (Å²) < 4.78 is 5.29. The smallest absolute Gasteiger partial charge is 0.323 e. The zero-order valence-corrected chi connectivity index (χ0v) is 11.4. The fourth-order valence-electron chi connectivity index (χ4n) is 2.06. The summed E-state index contributed by atoms with van der Waals surface area (Å²) in [6.45, 7) is 6.04. The van der Waals surface area contributed by atoms with Crippen LogP contribution in [0.1, 0.15) is 20.8 Å². The number of nitrogens with zero attached hydrogens (tertiary/aromatic N) is 1. The molecule has 0 saturated carbocycles. The topological polar surface area (TPSA) is 78.9 Å². The van der Waals surface area contributed by atoms with Crippen LogP contribution in [0.4, 0.5) is 0 Å². The van der Waals surface area contributed by atoms with Gasteiger partial charge >= 0.3 is 5.97 Å². The van der Waals surface area contributed by atoms with Gasteiger partial charge in [-0.05, 0) is 27.8 Å².